The number of aromatic nitrogens is 1. The van der Waals surface area contributed by atoms with Crippen LogP contribution in [0.25, 0.3) is 10.8 Å². The lowest BCUT2D eigenvalue weighted by Gasteiger charge is -2.20. The number of amides is 1. The van der Waals surface area contributed by atoms with Crippen molar-refractivity contribution in [1.82, 2.24) is 10.3 Å². The smallest absolute Gasteiger partial charge is 0.326 e. The summed E-state index contributed by atoms with van der Waals surface area (Å²) in [6, 6.07) is 22.7. The van der Waals surface area contributed by atoms with Crippen molar-refractivity contribution in [3.63, 3.8) is 0 Å². The molecule has 1 amide bonds. The first-order valence-corrected chi connectivity index (χ1v) is 16.1. The first kappa shape index (κ1) is 32.2. The summed E-state index contributed by atoms with van der Waals surface area (Å²) in [5.41, 5.74) is 4.41. The first-order chi connectivity index (χ1) is 21.3. The van der Waals surface area contributed by atoms with Crippen molar-refractivity contribution in [2.24, 2.45) is 5.92 Å². The van der Waals surface area contributed by atoms with Crippen LogP contribution in [0.1, 0.15) is 100 Å². The molecule has 0 radical (unpaired) electrons. The molecule has 4 aromatic rings. The third-order valence-corrected chi connectivity index (χ3v) is 8.89. The van der Waals surface area contributed by atoms with Gasteiger partial charge in [-0.3, -0.25) is 4.79 Å². The maximum Gasteiger partial charge on any atom is 0.326 e. The van der Waals surface area contributed by atoms with E-state index in [0.29, 0.717) is 11.7 Å². The van der Waals surface area contributed by atoms with Crippen molar-refractivity contribution in [2.75, 3.05) is 0 Å². The van der Waals surface area contributed by atoms with Crippen LogP contribution in [0.15, 0.2) is 72.8 Å². The van der Waals surface area contributed by atoms with Crippen LogP contribution >= 0.6 is 0 Å². The number of rotatable bonds is 9. The highest BCUT2D eigenvalue weighted by molar-refractivity contribution is 5.99. The number of benzene rings is 3. The Morgan fingerprint density at radius 1 is 0.844 bits per heavy atom. The van der Waals surface area contributed by atoms with Crippen molar-refractivity contribution in [1.29, 1.82) is 0 Å². The molecule has 1 aromatic heterocycles. The Morgan fingerprint density at radius 2 is 1.42 bits per heavy atom. The van der Waals surface area contributed by atoms with Crippen LogP contribution in [-0.2, 0) is 28.5 Å². The highest BCUT2D eigenvalue weighted by atomic mass is 16.5. The van der Waals surface area contributed by atoms with E-state index in [1.165, 1.54) is 24.0 Å². The van der Waals surface area contributed by atoms with E-state index < -0.39 is 17.9 Å². The van der Waals surface area contributed by atoms with Crippen LogP contribution in [-0.4, -0.2) is 28.0 Å². The second kappa shape index (κ2) is 13.0. The molecule has 1 heterocycles. The number of carbonyl (C=O) groups excluding carboxylic acids is 1. The van der Waals surface area contributed by atoms with Crippen molar-refractivity contribution in [3.8, 4) is 11.5 Å². The van der Waals surface area contributed by atoms with Gasteiger partial charge in [-0.15, -0.1) is 0 Å². The minimum Gasteiger partial charge on any atom is -0.480 e. The zero-order valence-corrected chi connectivity index (χ0v) is 27.4. The molecule has 236 valence electrons. The fraction of sp³-hybridized carbons (Fsp3) is 0.410. The number of pyridine rings is 1. The van der Waals surface area contributed by atoms with E-state index in [-0.39, 0.29) is 22.9 Å². The minimum absolute atomic E-state index is 0.00148. The molecule has 6 nitrogen and oxygen atoms in total. The van der Waals surface area contributed by atoms with E-state index in [0.717, 1.165) is 47.0 Å². The van der Waals surface area contributed by atoms with E-state index in [4.69, 9.17) is 9.72 Å². The summed E-state index contributed by atoms with van der Waals surface area (Å²) < 4.78 is 6.25. The molecule has 1 saturated carbocycles. The van der Waals surface area contributed by atoms with Gasteiger partial charge in [0.05, 0.1) is 0 Å². The quantitative estimate of drug-likeness (QED) is 0.199. The third-order valence-electron chi connectivity index (χ3n) is 8.89. The molecule has 2 N–H and O–H groups in total. The van der Waals surface area contributed by atoms with Crippen molar-refractivity contribution in [3.05, 3.63) is 101 Å². The average molecular weight is 607 g/mol. The molecule has 1 fully saturated rings. The predicted octanol–water partition coefficient (Wildman–Crippen LogP) is 8.78. The highest BCUT2D eigenvalue weighted by Crippen LogP contribution is 2.33. The van der Waals surface area contributed by atoms with E-state index >= 15 is 0 Å². The van der Waals surface area contributed by atoms with Gasteiger partial charge in [-0.1, -0.05) is 110 Å². The molecule has 0 spiro atoms. The minimum atomic E-state index is -1.08. The van der Waals surface area contributed by atoms with Gasteiger partial charge < -0.3 is 15.2 Å². The number of aliphatic carboxylic acids is 1. The molecule has 0 aliphatic heterocycles. The number of ether oxygens (including phenoxy) is 1. The van der Waals surface area contributed by atoms with Crippen LogP contribution < -0.4 is 10.1 Å². The van der Waals surface area contributed by atoms with Gasteiger partial charge in [0.25, 0.3) is 5.91 Å². The summed E-state index contributed by atoms with van der Waals surface area (Å²) in [5.74, 6) is 0.420. The molecule has 6 heteroatoms. The molecular formula is C39H46N2O4. The normalized spacial score (nSPS) is 14.8. The monoisotopic (exact) mass is 606 g/mol. The van der Waals surface area contributed by atoms with Crippen LogP contribution in [0.3, 0.4) is 0 Å². The molecule has 0 unspecified atom stereocenters. The van der Waals surface area contributed by atoms with E-state index in [9.17, 15) is 14.7 Å². The fourth-order valence-corrected chi connectivity index (χ4v) is 6.09. The summed E-state index contributed by atoms with van der Waals surface area (Å²) >= 11 is 0. The third kappa shape index (κ3) is 8.10. The summed E-state index contributed by atoms with van der Waals surface area (Å²) in [6.07, 6.45) is 5.66. The molecule has 5 rings (SSSR count). The lowest BCUT2D eigenvalue weighted by molar-refractivity contribution is -0.139. The van der Waals surface area contributed by atoms with E-state index in [2.05, 4.69) is 59.0 Å². The zero-order chi connectivity index (χ0) is 32.4. The molecule has 0 saturated heterocycles. The van der Waals surface area contributed by atoms with Gasteiger partial charge in [0.2, 0.25) is 0 Å². The molecule has 1 aliphatic carbocycles. The summed E-state index contributed by atoms with van der Waals surface area (Å²) in [4.78, 5) is 30.6. The number of nitrogens with one attached hydrogen (secondary N) is 1. The maximum atomic E-state index is 13.5. The second-order valence-corrected chi connectivity index (χ2v) is 14.6. The summed E-state index contributed by atoms with van der Waals surface area (Å²) in [6.45, 7) is 13.0. The van der Waals surface area contributed by atoms with Gasteiger partial charge >= 0.3 is 5.97 Å². The molecule has 3 aromatic carbocycles. The van der Waals surface area contributed by atoms with Gasteiger partial charge in [0.1, 0.15) is 23.2 Å². The van der Waals surface area contributed by atoms with Gasteiger partial charge in [-0.2, -0.15) is 0 Å². The SMILES string of the molecule is CC(C)(C)c1ccc(C[C@H](NC(=O)c2cc3ccc(Oc4ccc(C(C)(C)C)cc4)cc3c(CC3CCCC3)n2)C(=O)O)cc1. The van der Waals surface area contributed by atoms with Crippen molar-refractivity contribution < 1.29 is 19.4 Å². The van der Waals surface area contributed by atoms with Crippen molar-refractivity contribution in [2.45, 2.75) is 96.9 Å². The Morgan fingerprint density at radius 3 is 2.00 bits per heavy atom. The lowest BCUT2D eigenvalue weighted by Crippen LogP contribution is -2.42. The molecule has 1 aliphatic rings. The Bertz CT molecular complexity index is 1660. The number of carboxylic acids is 1. The summed E-state index contributed by atoms with van der Waals surface area (Å²) in [7, 11) is 0. The van der Waals surface area contributed by atoms with Gasteiger partial charge in [-0.05, 0) is 75.6 Å². The average Bonchev–Trinajstić information content (AvgIpc) is 3.49. The molecular weight excluding hydrogens is 560 g/mol. The zero-order valence-electron chi connectivity index (χ0n) is 27.4. The standard InChI is InChI=1S/C39H46N2O4/c1-38(2,3)28-14-11-26(12-15-28)22-35(37(43)44)41-36(42)34-23-27-13-18-31(45-30-19-16-29(17-20-30)39(4,5)6)24-32(27)33(40-34)21-25-9-7-8-10-25/h11-20,23-25,35H,7-10,21-22H2,1-6H3,(H,41,42)(H,43,44)/t35-/m0/s1. The van der Waals surface area contributed by atoms with E-state index in [1.807, 2.05) is 54.6 Å². The molecule has 45 heavy (non-hydrogen) atoms. The van der Waals surface area contributed by atoms with Crippen molar-refractivity contribution >= 4 is 22.6 Å². The number of fused-ring (bicyclic) bond motifs is 1. The second-order valence-electron chi connectivity index (χ2n) is 14.6. The van der Waals surface area contributed by atoms with Crippen LogP contribution in [0.2, 0.25) is 0 Å². The van der Waals surface area contributed by atoms with Crippen LogP contribution in [0, 0.1) is 5.92 Å². The van der Waals surface area contributed by atoms with Crippen LogP contribution in [0.5, 0.6) is 11.5 Å². The fourth-order valence-electron chi connectivity index (χ4n) is 6.09. The number of nitrogens with zero attached hydrogens (tertiary/aromatic N) is 1. The number of hydrogen-bond donors (Lipinski definition) is 2. The largest absolute Gasteiger partial charge is 0.480 e. The number of hydrogen-bond acceptors (Lipinski definition) is 4. The summed E-state index contributed by atoms with van der Waals surface area (Å²) in [5, 5.41) is 14.6. The molecule has 1 atom stereocenters. The predicted molar refractivity (Wildman–Crippen MR) is 180 cm³/mol. The van der Waals surface area contributed by atoms with Gasteiger partial charge in [-0.25, -0.2) is 9.78 Å². The van der Waals surface area contributed by atoms with E-state index in [1.54, 1.807) is 6.07 Å². The molecule has 0 bridgehead atoms. The van der Waals surface area contributed by atoms with Crippen LogP contribution in [0.4, 0.5) is 0 Å². The number of carboxylic acid groups (broad SMARTS) is 1. The number of carbonyl (C=O) groups is 2. The van der Waals surface area contributed by atoms with Gasteiger partial charge in [0.15, 0.2) is 0 Å². The van der Waals surface area contributed by atoms with Gasteiger partial charge in [0, 0.05) is 17.5 Å². The lowest BCUT2D eigenvalue weighted by atomic mass is 9.86. The Kier molecular flexibility index (Phi) is 9.33. The Labute approximate surface area is 267 Å². The topological polar surface area (TPSA) is 88.5 Å². The Hall–Kier alpha value is -4.19. The first-order valence-electron chi connectivity index (χ1n) is 16.1. The highest BCUT2D eigenvalue weighted by Gasteiger charge is 2.25. The Balaban J connectivity index is 1.39. The maximum absolute atomic E-state index is 13.5.